The van der Waals surface area contributed by atoms with Crippen molar-refractivity contribution in [3.63, 3.8) is 0 Å². The van der Waals surface area contributed by atoms with Crippen LogP contribution in [0, 0.1) is 11.7 Å². The Hall–Kier alpha value is -3.09. The lowest BCUT2D eigenvalue weighted by atomic mass is 10.1. The first-order chi connectivity index (χ1) is 13.0. The van der Waals surface area contributed by atoms with Crippen molar-refractivity contribution in [3.05, 3.63) is 53.8 Å². The molecule has 0 radical (unpaired) electrons. The zero-order valence-corrected chi connectivity index (χ0v) is 14.6. The van der Waals surface area contributed by atoms with Gasteiger partial charge < -0.3 is 19.6 Å². The first-order valence-electron chi connectivity index (χ1n) is 8.80. The Kier molecular flexibility index (Phi) is 4.43. The van der Waals surface area contributed by atoms with Crippen LogP contribution in [-0.4, -0.2) is 41.5 Å². The number of benzene rings is 2. The molecule has 0 aromatic heterocycles. The van der Waals surface area contributed by atoms with Crippen LogP contribution < -0.4 is 9.64 Å². The van der Waals surface area contributed by atoms with Gasteiger partial charge in [-0.3, -0.25) is 9.59 Å². The van der Waals surface area contributed by atoms with Gasteiger partial charge in [0.2, 0.25) is 11.8 Å². The number of aromatic hydroxyl groups is 1. The number of phenols is 1. The average Bonchev–Trinajstić information content (AvgIpc) is 2.91. The van der Waals surface area contributed by atoms with E-state index in [1.807, 2.05) is 0 Å². The Morgan fingerprint density at radius 1 is 1.19 bits per heavy atom. The lowest BCUT2D eigenvalue weighted by molar-refractivity contribution is -0.136. The second kappa shape index (κ2) is 6.90. The topological polar surface area (TPSA) is 70.1 Å². The number of rotatable bonds is 2. The third kappa shape index (κ3) is 3.45. The molecule has 0 bridgehead atoms. The summed E-state index contributed by atoms with van der Waals surface area (Å²) >= 11 is 0. The lowest BCUT2D eigenvalue weighted by Gasteiger charge is -2.23. The van der Waals surface area contributed by atoms with E-state index in [0.29, 0.717) is 31.1 Å². The van der Waals surface area contributed by atoms with Crippen LogP contribution in [0.15, 0.2) is 42.5 Å². The molecular formula is C20H19FN2O4. The second-order valence-corrected chi connectivity index (χ2v) is 6.78. The summed E-state index contributed by atoms with van der Waals surface area (Å²) in [5.74, 6) is -0.368. The number of anilines is 1. The van der Waals surface area contributed by atoms with E-state index in [4.69, 9.17) is 4.74 Å². The summed E-state index contributed by atoms with van der Waals surface area (Å²) in [6.45, 7) is 1.39. The third-order valence-corrected chi connectivity index (χ3v) is 4.95. The Bertz CT molecular complexity index is 884. The van der Waals surface area contributed by atoms with Gasteiger partial charge in [0.05, 0.1) is 12.5 Å². The van der Waals surface area contributed by atoms with E-state index in [9.17, 15) is 19.1 Å². The molecule has 6 nitrogen and oxygen atoms in total. The van der Waals surface area contributed by atoms with Crippen molar-refractivity contribution in [1.82, 2.24) is 4.90 Å². The van der Waals surface area contributed by atoms with E-state index in [2.05, 4.69) is 0 Å². The zero-order valence-electron chi connectivity index (χ0n) is 14.6. The van der Waals surface area contributed by atoms with Gasteiger partial charge in [0.25, 0.3) is 0 Å². The van der Waals surface area contributed by atoms with Crippen LogP contribution in [-0.2, 0) is 16.1 Å². The highest BCUT2D eigenvalue weighted by Crippen LogP contribution is 2.30. The molecule has 2 aliphatic heterocycles. The molecule has 1 atom stereocenters. The largest absolute Gasteiger partial charge is 0.508 e. The molecule has 2 amide bonds. The third-order valence-electron chi connectivity index (χ3n) is 4.95. The summed E-state index contributed by atoms with van der Waals surface area (Å²) in [5, 5.41) is 9.58. The van der Waals surface area contributed by atoms with Crippen molar-refractivity contribution in [2.24, 2.45) is 5.92 Å². The maximum absolute atomic E-state index is 13.1. The van der Waals surface area contributed by atoms with E-state index in [1.54, 1.807) is 35.2 Å². The van der Waals surface area contributed by atoms with Gasteiger partial charge in [0.15, 0.2) is 0 Å². The fraction of sp³-hybridized carbons (Fsp3) is 0.300. The van der Waals surface area contributed by atoms with E-state index in [-0.39, 0.29) is 36.3 Å². The molecular weight excluding hydrogens is 351 g/mol. The molecule has 7 heteroatoms. The predicted molar refractivity (Wildman–Crippen MR) is 95.9 cm³/mol. The minimum Gasteiger partial charge on any atom is -0.508 e. The highest BCUT2D eigenvalue weighted by atomic mass is 19.1. The van der Waals surface area contributed by atoms with Crippen LogP contribution >= 0.6 is 0 Å². The van der Waals surface area contributed by atoms with Gasteiger partial charge in [0.1, 0.15) is 23.9 Å². The molecule has 2 heterocycles. The SMILES string of the molecule is O=C(C1CC(=O)N(c2ccc(F)cc2)C1)N1CCOc2cc(O)ccc2C1. The standard InChI is InChI=1S/C20H19FN2O4/c21-15-2-4-16(5-3-15)23-12-14(9-19(23)25)20(26)22-7-8-27-18-10-17(24)6-1-13(18)11-22/h1-6,10,14,24H,7-9,11-12H2. The van der Waals surface area contributed by atoms with E-state index in [1.165, 1.54) is 17.0 Å². The molecule has 0 spiro atoms. The zero-order chi connectivity index (χ0) is 19.0. The minimum absolute atomic E-state index is 0.0995. The number of hydrogen-bond donors (Lipinski definition) is 1. The normalized spacial score (nSPS) is 19.4. The van der Waals surface area contributed by atoms with Gasteiger partial charge in [-0.25, -0.2) is 4.39 Å². The summed E-state index contributed by atoms with van der Waals surface area (Å²) in [7, 11) is 0. The Morgan fingerprint density at radius 3 is 2.74 bits per heavy atom. The highest BCUT2D eigenvalue weighted by Gasteiger charge is 2.37. The van der Waals surface area contributed by atoms with Crippen molar-refractivity contribution in [2.75, 3.05) is 24.6 Å². The van der Waals surface area contributed by atoms with Crippen LogP contribution in [0.4, 0.5) is 10.1 Å². The van der Waals surface area contributed by atoms with Crippen LogP contribution in [0.5, 0.6) is 11.5 Å². The van der Waals surface area contributed by atoms with Crippen LogP contribution in [0.3, 0.4) is 0 Å². The molecule has 2 aliphatic rings. The molecule has 140 valence electrons. The van der Waals surface area contributed by atoms with Crippen molar-refractivity contribution < 1.29 is 23.8 Å². The van der Waals surface area contributed by atoms with Gasteiger partial charge in [0, 0.05) is 36.8 Å². The Balaban J connectivity index is 1.49. The van der Waals surface area contributed by atoms with Crippen LogP contribution in [0.25, 0.3) is 0 Å². The molecule has 1 unspecified atom stereocenters. The van der Waals surface area contributed by atoms with E-state index >= 15 is 0 Å². The second-order valence-electron chi connectivity index (χ2n) is 6.78. The first kappa shape index (κ1) is 17.3. The molecule has 2 aromatic carbocycles. The lowest BCUT2D eigenvalue weighted by Crippen LogP contribution is -2.38. The first-order valence-corrected chi connectivity index (χ1v) is 8.80. The number of carbonyl (C=O) groups excluding carboxylic acids is 2. The average molecular weight is 370 g/mol. The molecule has 0 aliphatic carbocycles. The Labute approximate surface area is 155 Å². The van der Waals surface area contributed by atoms with Crippen LogP contribution in [0.1, 0.15) is 12.0 Å². The van der Waals surface area contributed by atoms with Gasteiger partial charge >= 0.3 is 0 Å². The molecule has 1 fully saturated rings. The fourth-order valence-corrected chi connectivity index (χ4v) is 3.55. The summed E-state index contributed by atoms with van der Waals surface area (Å²) in [6.07, 6.45) is 0.135. The summed E-state index contributed by atoms with van der Waals surface area (Å²) in [6, 6.07) is 10.5. The molecule has 4 rings (SSSR count). The predicted octanol–water partition coefficient (Wildman–Crippen LogP) is 2.31. The summed E-state index contributed by atoms with van der Waals surface area (Å²) in [4.78, 5) is 28.6. The smallest absolute Gasteiger partial charge is 0.228 e. The summed E-state index contributed by atoms with van der Waals surface area (Å²) < 4.78 is 18.7. The molecule has 1 saturated heterocycles. The highest BCUT2D eigenvalue weighted by molar-refractivity contribution is 6.00. The number of hydrogen-bond acceptors (Lipinski definition) is 4. The minimum atomic E-state index is -0.443. The maximum atomic E-state index is 13.1. The number of nitrogens with zero attached hydrogens (tertiary/aromatic N) is 2. The number of phenolic OH excluding ortho intramolecular Hbond substituents is 1. The van der Waals surface area contributed by atoms with E-state index in [0.717, 1.165) is 5.56 Å². The molecule has 1 N–H and O–H groups in total. The van der Waals surface area contributed by atoms with Crippen molar-refractivity contribution in [1.29, 1.82) is 0 Å². The van der Waals surface area contributed by atoms with Gasteiger partial charge in [-0.2, -0.15) is 0 Å². The van der Waals surface area contributed by atoms with Gasteiger partial charge in [-0.15, -0.1) is 0 Å². The number of carbonyl (C=O) groups is 2. The molecule has 27 heavy (non-hydrogen) atoms. The maximum Gasteiger partial charge on any atom is 0.228 e. The number of amides is 2. The number of halogens is 1. The van der Waals surface area contributed by atoms with Crippen molar-refractivity contribution >= 4 is 17.5 Å². The van der Waals surface area contributed by atoms with Crippen molar-refractivity contribution in [2.45, 2.75) is 13.0 Å². The summed E-state index contributed by atoms with van der Waals surface area (Å²) in [5.41, 5.74) is 1.41. The van der Waals surface area contributed by atoms with Crippen molar-refractivity contribution in [3.8, 4) is 11.5 Å². The van der Waals surface area contributed by atoms with E-state index < -0.39 is 5.92 Å². The molecule has 0 saturated carbocycles. The number of ether oxygens (including phenoxy) is 1. The van der Waals surface area contributed by atoms with Crippen LogP contribution in [0.2, 0.25) is 0 Å². The number of fused-ring (bicyclic) bond motifs is 1. The Morgan fingerprint density at radius 2 is 1.96 bits per heavy atom. The van der Waals surface area contributed by atoms with Gasteiger partial charge in [-0.05, 0) is 36.4 Å². The fourth-order valence-electron chi connectivity index (χ4n) is 3.55. The quantitative estimate of drug-likeness (QED) is 0.881. The van der Waals surface area contributed by atoms with Gasteiger partial charge in [-0.1, -0.05) is 0 Å². The molecule has 2 aromatic rings. The monoisotopic (exact) mass is 370 g/mol.